The van der Waals surface area contributed by atoms with Crippen LogP contribution in [-0.2, 0) is 0 Å². The molecule has 0 radical (unpaired) electrons. The summed E-state index contributed by atoms with van der Waals surface area (Å²) in [7, 11) is 0. The molecule has 8 heteroatoms. The van der Waals surface area contributed by atoms with Crippen LogP contribution in [0.25, 0.3) is 17.2 Å². The van der Waals surface area contributed by atoms with Crippen molar-refractivity contribution >= 4 is 11.5 Å². The monoisotopic (exact) mass is 342 g/mol. The molecule has 3 aromatic rings. The van der Waals surface area contributed by atoms with Gasteiger partial charge in [0, 0.05) is 25.0 Å². The van der Waals surface area contributed by atoms with E-state index in [0.29, 0.717) is 23.2 Å². The molecule has 1 saturated heterocycles. The normalized spacial score (nSPS) is 22.4. The number of aromatic nitrogens is 5. The number of hydrogen-bond donors (Lipinski definition) is 0. The Labute approximate surface area is 142 Å². The summed E-state index contributed by atoms with van der Waals surface area (Å²) in [6.07, 6.45) is 7.05. The van der Waals surface area contributed by atoms with Crippen molar-refractivity contribution in [3.05, 3.63) is 36.5 Å². The number of piperidine rings is 1. The van der Waals surface area contributed by atoms with Gasteiger partial charge in [0.05, 0.1) is 12.4 Å². The Balaban J connectivity index is 1.56. The molecule has 0 aromatic carbocycles. The molecule has 0 spiro atoms. The maximum atomic E-state index is 13.0. The smallest absolute Gasteiger partial charge is 0.281 e. The van der Waals surface area contributed by atoms with Crippen LogP contribution in [0.15, 0.2) is 30.9 Å². The summed E-state index contributed by atoms with van der Waals surface area (Å²) in [5.41, 5.74) is 0.791. The number of nitrogens with zero attached hydrogens (tertiary/aromatic N) is 6. The molecular formula is C17H16F2N6. The van der Waals surface area contributed by atoms with Gasteiger partial charge in [-0.25, -0.2) is 28.7 Å². The third-order valence-electron chi connectivity index (χ3n) is 5.06. The number of alkyl halides is 2. The first kappa shape index (κ1) is 14.7. The van der Waals surface area contributed by atoms with Crippen molar-refractivity contribution in [2.45, 2.75) is 31.7 Å². The van der Waals surface area contributed by atoms with Crippen LogP contribution in [0.5, 0.6) is 0 Å². The van der Waals surface area contributed by atoms with Gasteiger partial charge in [-0.2, -0.15) is 0 Å². The molecule has 25 heavy (non-hydrogen) atoms. The highest BCUT2D eigenvalue weighted by Crippen LogP contribution is 2.44. The Morgan fingerprint density at radius 2 is 2.08 bits per heavy atom. The summed E-state index contributed by atoms with van der Waals surface area (Å²) in [5, 5.41) is 0. The summed E-state index contributed by atoms with van der Waals surface area (Å²) in [5.74, 6) is 2.18. The van der Waals surface area contributed by atoms with Gasteiger partial charge in [0.2, 0.25) is 0 Å². The van der Waals surface area contributed by atoms with Crippen LogP contribution in [0.2, 0.25) is 0 Å². The van der Waals surface area contributed by atoms with Gasteiger partial charge < -0.3 is 4.90 Å². The maximum Gasteiger partial charge on any atom is 0.281 e. The molecule has 5 rings (SSSR count). The molecule has 2 unspecified atom stereocenters. The van der Waals surface area contributed by atoms with Crippen LogP contribution in [0.4, 0.5) is 14.6 Å². The Morgan fingerprint density at radius 1 is 1.16 bits per heavy atom. The lowest BCUT2D eigenvalue weighted by molar-refractivity contribution is 0.145. The molecule has 1 saturated carbocycles. The Morgan fingerprint density at radius 3 is 2.96 bits per heavy atom. The molecule has 0 N–H and O–H groups in total. The molecular weight excluding hydrogens is 326 g/mol. The number of anilines is 1. The summed E-state index contributed by atoms with van der Waals surface area (Å²) in [6, 6.07) is 2.51. The molecule has 3 aromatic heterocycles. The average Bonchev–Trinajstić information content (AvgIpc) is 3.31. The van der Waals surface area contributed by atoms with Crippen LogP contribution < -0.4 is 4.90 Å². The minimum absolute atomic E-state index is 0.292. The second-order valence-corrected chi connectivity index (χ2v) is 6.62. The lowest BCUT2D eigenvalue weighted by atomic mass is 10.1. The fourth-order valence-corrected chi connectivity index (χ4v) is 3.71. The number of rotatable bonds is 3. The van der Waals surface area contributed by atoms with Crippen molar-refractivity contribution in [1.29, 1.82) is 0 Å². The van der Waals surface area contributed by atoms with Gasteiger partial charge in [-0.1, -0.05) is 0 Å². The molecule has 4 heterocycles. The van der Waals surface area contributed by atoms with E-state index in [1.807, 2.05) is 6.07 Å². The van der Waals surface area contributed by atoms with Crippen molar-refractivity contribution in [3.8, 4) is 11.5 Å². The molecule has 0 amide bonds. The van der Waals surface area contributed by atoms with Crippen molar-refractivity contribution in [2.24, 2.45) is 5.92 Å². The number of imidazole rings is 1. The Bertz CT molecular complexity index is 940. The largest absolute Gasteiger partial charge is 0.353 e. The van der Waals surface area contributed by atoms with Crippen LogP contribution in [0, 0.1) is 5.92 Å². The van der Waals surface area contributed by atoms with E-state index in [2.05, 4.69) is 24.8 Å². The SMILES string of the molecule is FC(F)c1cn2c(-c3nccc(N4CCCC5CC54)n3)cnc2cn1. The quantitative estimate of drug-likeness (QED) is 0.732. The van der Waals surface area contributed by atoms with Crippen molar-refractivity contribution in [1.82, 2.24) is 24.3 Å². The highest BCUT2D eigenvalue weighted by atomic mass is 19.3. The van der Waals surface area contributed by atoms with Crippen LogP contribution in [0.1, 0.15) is 31.4 Å². The van der Waals surface area contributed by atoms with Gasteiger partial charge in [-0.05, 0) is 31.2 Å². The predicted octanol–water partition coefficient (Wildman–Crippen LogP) is 3.11. The van der Waals surface area contributed by atoms with Gasteiger partial charge in [0.25, 0.3) is 6.43 Å². The minimum atomic E-state index is -2.63. The van der Waals surface area contributed by atoms with Gasteiger partial charge >= 0.3 is 0 Å². The topological polar surface area (TPSA) is 59.2 Å². The van der Waals surface area contributed by atoms with Crippen molar-refractivity contribution in [3.63, 3.8) is 0 Å². The fourth-order valence-electron chi connectivity index (χ4n) is 3.71. The lowest BCUT2D eigenvalue weighted by Gasteiger charge is -2.27. The van der Waals surface area contributed by atoms with E-state index in [0.717, 1.165) is 18.3 Å². The number of hydrogen-bond acceptors (Lipinski definition) is 5. The second kappa shape index (κ2) is 5.44. The van der Waals surface area contributed by atoms with E-state index < -0.39 is 6.43 Å². The predicted molar refractivity (Wildman–Crippen MR) is 87.4 cm³/mol. The molecule has 1 aliphatic carbocycles. The molecule has 2 aliphatic rings. The number of halogens is 2. The van der Waals surface area contributed by atoms with E-state index >= 15 is 0 Å². The third-order valence-corrected chi connectivity index (χ3v) is 5.06. The molecule has 2 fully saturated rings. The molecule has 1 aliphatic heterocycles. The first-order valence-corrected chi connectivity index (χ1v) is 8.42. The van der Waals surface area contributed by atoms with E-state index in [9.17, 15) is 8.78 Å². The lowest BCUT2D eigenvalue weighted by Crippen LogP contribution is -2.32. The zero-order valence-electron chi connectivity index (χ0n) is 13.4. The van der Waals surface area contributed by atoms with Gasteiger partial charge in [-0.3, -0.25) is 4.40 Å². The summed E-state index contributed by atoms with van der Waals surface area (Å²) >= 11 is 0. The zero-order chi connectivity index (χ0) is 17.0. The van der Waals surface area contributed by atoms with Gasteiger partial charge in [0.15, 0.2) is 11.5 Å². The molecule has 6 nitrogen and oxygen atoms in total. The molecule has 128 valence electrons. The molecule has 0 bridgehead atoms. The first-order chi connectivity index (χ1) is 12.2. The highest BCUT2D eigenvalue weighted by molar-refractivity contribution is 5.58. The molecule has 2 atom stereocenters. The van der Waals surface area contributed by atoms with Crippen molar-refractivity contribution < 1.29 is 8.78 Å². The fraction of sp³-hybridized carbons (Fsp3) is 0.412. The Kier molecular flexibility index (Phi) is 3.19. The first-order valence-electron chi connectivity index (χ1n) is 8.42. The van der Waals surface area contributed by atoms with E-state index in [-0.39, 0.29) is 5.69 Å². The van der Waals surface area contributed by atoms with Gasteiger partial charge in [0.1, 0.15) is 17.2 Å². The Hall–Kier alpha value is -2.64. The number of fused-ring (bicyclic) bond motifs is 2. The minimum Gasteiger partial charge on any atom is -0.353 e. The van der Waals surface area contributed by atoms with E-state index in [1.165, 1.54) is 31.7 Å². The van der Waals surface area contributed by atoms with Crippen LogP contribution in [-0.4, -0.2) is 36.9 Å². The summed E-state index contributed by atoms with van der Waals surface area (Å²) < 4.78 is 27.5. The van der Waals surface area contributed by atoms with E-state index in [1.54, 1.807) is 16.8 Å². The standard InChI is InChI=1S/C17H16F2N6/c18-16(19)11-9-25-13(7-22-15(25)8-21-11)17-20-4-3-14(23-17)24-5-1-2-10-6-12(10)24/h3-4,7-10,12,16H,1-2,5-6H2. The van der Waals surface area contributed by atoms with Crippen LogP contribution in [0.3, 0.4) is 0 Å². The van der Waals surface area contributed by atoms with Crippen molar-refractivity contribution in [2.75, 3.05) is 11.4 Å². The zero-order valence-corrected chi connectivity index (χ0v) is 13.4. The summed E-state index contributed by atoms with van der Waals surface area (Å²) in [6.45, 7) is 1.00. The maximum absolute atomic E-state index is 13.0. The second-order valence-electron chi connectivity index (χ2n) is 6.62. The van der Waals surface area contributed by atoms with Gasteiger partial charge in [-0.15, -0.1) is 0 Å². The van der Waals surface area contributed by atoms with Crippen LogP contribution >= 0.6 is 0 Å². The van der Waals surface area contributed by atoms with E-state index in [4.69, 9.17) is 0 Å². The third kappa shape index (κ3) is 2.43. The highest BCUT2D eigenvalue weighted by Gasteiger charge is 2.44. The summed E-state index contributed by atoms with van der Waals surface area (Å²) in [4.78, 5) is 19.3. The average molecular weight is 342 g/mol.